The maximum absolute atomic E-state index is 12.7. The largest absolute Gasteiger partial charge is 0.342 e. The normalized spacial score (nSPS) is 24.2. The second-order valence-corrected chi connectivity index (χ2v) is 7.25. The molecule has 6 nitrogen and oxygen atoms in total. The zero-order valence-corrected chi connectivity index (χ0v) is 15.0. The van der Waals surface area contributed by atoms with Gasteiger partial charge in [-0.05, 0) is 45.6 Å². The molecule has 1 aromatic rings. The van der Waals surface area contributed by atoms with Crippen molar-refractivity contribution in [2.24, 2.45) is 5.41 Å². The smallest absolute Gasteiger partial charge is 0.230 e. The van der Waals surface area contributed by atoms with Crippen molar-refractivity contribution in [3.05, 3.63) is 17.0 Å². The molecular weight excluding hydrogens is 304 g/mol. The first-order valence-electron chi connectivity index (χ1n) is 9.04. The van der Waals surface area contributed by atoms with Crippen LogP contribution in [0.5, 0.6) is 0 Å². The lowest BCUT2D eigenvalue weighted by molar-refractivity contribution is -0.145. The van der Waals surface area contributed by atoms with Gasteiger partial charge in [0.2, 0.25) is 11.8 Å². The Kier molecular flexibility index (Phi) is 4.65. The van der Waals surface area contributed by atoms with E-state index in [0.29, 0.717) is 25.9 Å². The third-order valence-corrected chi connectivity index (χ3v) is 5.84. The van der Waals surface area contributed by atoms with Crippen molar-refractivity contribution in [3.8, 4) is 0 Å². The maximum Gasteiger partial charge on any atom is 0.230 e. The van der Waals surface area contributed by atoms with Crippen LogP contribution in [0.25, 0.3) is 0 Å². The van der Waals surface area contributed by atoms with Gasteiger partial charge in [-0.3, -0.25) is 14.7 Å². The van der Waals surface area contributed by atoms with Crippen molar-refractivity contribution in [1.82, 2.24) is 20.0 Å². The van der Waals surface area contributed by atoms with Crippen molar-refractivity contribution < 1.29 is 9.59 Å². The van der Waals surface area contributed by atoms with Gasteiger partial charge in [0.15, 0.2) is 0 Å². The summed E-state index contributed by atoms with van der Waals surface area (Å²) in [5.41, 5.74) is 2.86. The van der Waals surface area contributed by atoms with Gasteiger partial charge in [-0.1, -0.05) is 0 Å². The highest BCUT2D eigenvalue weighted by Gasteiger charge is 2.48. The van der Waals surface area contributed by atoms with Crippen LogP contribution in [0.15, 0.2) is 0 Å². The average molecular weight is 332 g/mol. The second-order valence-electron chi connectivity index (χ2n) is 7.25. The maximum atomic E-state index is 12.7. The van der Waals surface area contributed by atoms with E-state index >= 15 is 0 Å². The minimum absolute atomic E-state index is 0.147. The fraction of sp³-hybridized carbons (Fsp3) is 0.722. The van der Waals surface area contributed by atoms with E-state index in [1.807, 2.05) is 30.6 Å². The molecule has 1 aromatic heterocycles. The molecule has 132 valence electrons. The Labute approximate surface area is 143 Å². The van der Waals surface area contributed by atoms with Gasteiger partial charge in [0, 0.05) is 44.7 Å². The van der Waals surface area contributed by atoms with E-state index < -0.39 is 0 Å². The summed E-state index contributed by atoms with van der Waals surface area (Å²) in [6, 6.07) is 0. The summed E-state index contributed by atoms with van der Waals surface area (Å²) in [6.07, 6.45) is 3.91. The quantitative estimate of drug-likeness (QED) is 0.914. The van der Waals surface area contributed by atoms with Crippen molar-refractivity contribution in [2.45, 2.75) is 52.9 Å². The standard InChI is InChI=1S/C18H28N4O2/c1-4-21-10-5-8-18(17(21)24)9-11-22(12-18)16(23)7-6-15-13(2)14(3)19-20-15/h4-12H2,1-3H3,(H,19,20)/t18-/m0/s1. The highest BCUT2D eigenvalue weighted by molar-refractivity contribution is 5.86. The van der Waals surface area contributed by atoms with E-state index in [-0.39, 0.29) is 17.2 Å². The molecule has 2 saturated heterocycles. The van der Waals surface area contributed by atoms with E-state index in [9.17, 15) is 9.59 Å². The van der Waals surface area contributed by atoms with Crippen LogP contribution in [0.1, 0.15) is 49.6 Å². The Morgan fingerprint density at radius 1 is 1.29 bits per heavy atom. The lowest BCUT2D eigenvalue weighted by Gasteiger charge is -2.38. The van der Waals surface area contributed by atoms with Crippen molar-refractivity contribution >= 4 is 11.8 Å². The van der Waals surface area contributed by atoms with Crippen LogP contribution in [-0.2, 0) is 16.0 Å². The first-order chi connectivity index (χ1) is 11.5. The number of carbonyl (C=O) groups is 2. The van der Waals surface area contributed by atoms with E-state index in [1.165, 1.54) is 0 Å². The summed E-state index contributed by atoms with van der Waals surface area (Å²) in [7, 11) is 0. The number of nitrogens with one attached hydrogen (secondary N) is 1. The molecule has 3 rings (SSSR count). The predicted octanol–water partition coefficient (Wildman–Crippen LogP) is 1.82. The summed E-state index contributed by atoms with van der Waals surface area (Å²) in [6.45, 7) is 8.99. The van der Waals surface area contributed by atoms with Gasteiger partial charge in [0.25, 0.3) is 0 Å². The molecule has 0 unspecified atom stereocenters. The molecule has 0 saturated carbocycles. The first-order valence-corrected chi connectivity index (χ1v) is 9.04. The number of amides is 2. The number of hydrogen-bond acceptors (Lipinski definition) is 3. The molecule has 0 radical (unpaired) electrons. The average Bonchev–Trinajstić information content (AvgIpc) is 3.14. The van der Waals surface area contributed by atoms with Crippen LogP contribution in [-0.4, -0.2) is 58.0 Å². The molecule has 0 aliphatic carbocycles. The van der Waals surface area contributed by atoms with E-state index in [0.717, 1.165) is 49.3 Å². The van der Waals surface area contributed by atoms with E-state index in [4.69, 9.17) is 0 Å². The summed E-state index contributed by atoms with van der Waals surface area (Å²) in [5.74, 6) is 0.402. The van der Waals surface area contributed by atoms with Crippen molar-refractivity contribution in [2.75, 3.05) is 26.2 Å². The van der Waals surface area contributed by atoms with Gasteiger partial charge < -0.3 is 9.80 Å². The lowest BCUT2D eigenvalue weighted by Crippen LogP contribution is -2.50. The lowest BCUT2D eigenvalue weighted by atomic mass is 9.78. The van der Waals surface area contributed by atoms with Gasteiger partial charge in [0.05, 0.1) is 11.1 Å². The molecule has 1 spiro atoms. The molecule has 1 atom stereocenters. The number of H-pyrrole nitrogens is 1. The van der Waals surface area contributed by atoms with Gasteiger partial charge in [-0.25, -0.2) is 0 Å². The van der Waals surface area contributed by atoms with Gasteiger partial charge in [-0.2, -0.15) is 5.10 Å². The molecule has 0 aromatic carbocycles. The SMILES string of the molecule is CCN1CCC[C@@]2(CCN(C(=O)CCc3n[nH]c(C)c3C)C2)C1=O. The molecule has 1 N–H and O–H groups in total. The number of aryl methyl sites for hydroxylation is 2. The fourth-order valence-electron chi connectivity index (χ4n) is 4.08. The molecule has 2 amide bonds. The minimum atomic E-state index is -0.317. The van der Waals surface area contributed by atoms with Gasteiger partial charge in [-0.15, -0.1) is 0 Å². The van der Waals surface area contributed by atoms with E-state index in [1.54, 1.807) is 0 Å². The number of rotatable bonds is 4. The summed E-state index contributed by atoms with van der Waals surface area (Å²) in [5, 5.41) is 7.24. The highest BCUT2D eigenvalue weighted by atomic mass is 16.2. The van der Waals surface area contributed by atoms with Crippen LogP contribution in [0.3, 0.4) is 0 Å². The van der Waals surface area contributed by atoms with Gasteiger partial charge in [0.1, 0.15) is 0 Å². The molecule has 3 heterocycles. The third-order valence-electron chi connectivity index (χ3n) is 5.84. The molecule has 2 fully saturated rings. The number of aromatic nitrogens is 2. The van der Waals surface area contributed by atoms with Crippen molar-refractivity contribution in [1.29, 1.82) is 0 Å². The molecule has 2 aliphatic rings. The number of nitrogens with zero attached hydrogens (tertiary/aromatic N) is 3. The Balaban J connectivity index is 1.59. The Hall–Kier alpha value is -1.85. The zero-order valence-electron chi connectivity index (χ0n) is 15.0. The van der Waals surface area contributed by atoms with Gasteiger partial charge >= 0.3 is 0 Å². The Morgan fingerprint density at radius 3 is 2.75 bits per heavy atom. The highest BCUT2D eigenvalue weighted by Crippen LogP contribution is 2.40. The minimum Gasteiger partial charge on any atom is -0.342 e. The number of carbonyl (C=O) groups excluding carboxylic acids is 2. The number of likely N-dealkylation sites (tertiary alicyclic amines) is 2. The molecule has 0 bridgehead atoms. The number of hydrogen-bond donors (Lipinski definition) is 1. The summed E-state index contributed by atoms with van der Waals surface area (Å²) >= 11 is 0. The van der Waals surface area contributed by atoms with Crippen LogP contribution < -0.4 is 0 Å². The molecule has 2 aliphatic heterocycles. The molecule has 6 heteroatoms. The monoisotopic (exact) mass is 332 g/mol. The topological polar surface area (TPSA) is 69.3 Å². The predicted molar refractivity (Wildman–Crippen MR) is 91.5 cm³/mol. The second kappa shape index (κ2) is 6.57. The van der Waals surface area contributed by atoms with Crippen molar-refractivity contribution in [3.63, 3.8) is 0 Å². The fourth-order valence-corrected chi connectivity index (χ4v) is 4.08. The Morgan fingerprint density at radius 2 is 2.08 bits per heavy atom. The number of piperidine rings is 1. The molecular formula is C18H28N4O2. The first kappa shape index (κ1) is 17.0. The molecule has 24 heavy (non-hydrogen) atoms. The van der Waals surface area contributed by atoms with Crippen LogP contribution in [0.4, 0.5) is 0 Å². The third kappa shape index (κ3) is 2.94. The van der Waals surface area contributed by atoms with Crippen LogP contribution in [0.2, 0.25) is 0 Å². The van der Waals surface area contributed by atoms with E-state index in [2.05, 4.69) is 10.2 Å². The Bertz CT molecular complexity index is 639. The number of aromatic amines is 1. The summed E-state index contributed by atoms with van der Waals surface area (Å²) < 4.78 is 0. The van der Waals surface area contributed by atoms with Crippen LogP contribution >= 0.6 is 0 Å². The zero-order chi connectivity index (χ0) is 17.3. The van der Waals surface area contributed by atoms with Crippen LogP contribution in [0, 0.1) is 19.3 Å². The summed E-state index contributed by atoms with van der Waals surface area (Å²) in [4.78, 5) is 29.2.